The number of nitrogens with zero attached hydrogens (tertiary/aromatic N) is 3. The van der Waals surface area contributed by atoms with Gasteiger partial charge in [0.05, 0.1) is 6.20 Å². The van der Waals surface area contributed by atoms with E-state index < -0.39 is 0 Å². The number of hydrogen-bond acceptors (Lipinski definition) is 3. The molecule has 1 N–H and O–H groups in total. The number of aryl methyl sites for hydroxylation is 2. The van der Waals surface area contributed by atoms with E-state index in [1.165, 1.54) is 5.56 Å². The van der Waals surface area contributed by atoms with Crippen LogP contribution in [0.1, 0.15) is 37.1 Å². The van der Waals surface area contributed by atoms with Gasteiger partial charge in [-0.1, -0.05) is 13.0 Å². The maximum absolute atomic E-state index is 4.39. The zero-order valence-corrected chi connectivity index (χ0v) is 11.7. The third-order valence-corrected chi connectivity index (χ3v) is 3.27. The molecule has 0 bridgehead atoms. The highest BCUT2D eigenvalue weighted by molar-refractivity contribution is 5.12. The number of aromatic nitrogens is 3. The molecule has 2 aromatic rings. The summed E-state index contributed by atoms with van der Waals surface area (Å²) in [6.07, 6.45) is 9.08. The lowest BCUT2D eigenvalue weighted by atomic mass is 10.0. The molecule has 0 spiro atoms. The van der Waals surface area contributed by atoms with E-state index in [0.29, 0.717) is 6.04 Å². The molecule has 4 nitrogen and oxygen atoms in total. The van der Waals surface area contributed by atoms with Gasteiger partial charge in [-0.2, -0.15) is 5.10 Å². The van der Waals surface area contributed by atoms with Gasteiger partial charge in [0.15, 0.2) is 0 Å². The van der Waals surface area contributed by atoms with Crippen molar-refractivity contribution < 1.29 is 0 Å². The maximum atomic E-state index is 4.39. The Hall–Kier alpha value is -1.68. The van der Waals surface area contributed by atoms with E-state index in [1.807, 2.05) is 36.3 Å². The summed E-state index contributed by atoms with van der Waals surface area (Å²) >= 11 is 0. The lowest BCUT2D eigenvalue weighted by Crippen LogP contribution is -2.16. The molecule has 0 fully saturated rings. The van der Waals surface area contributed by atoms with Crippen molar-refractivity contribution in [2.45, 2.75) is 38.8 Å². The first-order chi connectivity index (χ1) is 9.33. The molecule has 0 saturated heterocycles. The van der Waals surface area contributed by atoms with Gasteiger partial charge >= 0.3 is 0 Å². The molecule has 1 unspecified atom stereocenters. The van der Waals surface area contributed by atoms with E-state index >= 15 is 0 Å². The van der Waals surface area contributed by atoms with Crippen LogP contribution in [0, 0.1) is 0 Å². The van der Waals surface area contributed by atoms with Crippen LogP contribution < -0.4 is 5.32 Å². The van der Waals surface area contributed by atoms with Crippen molar-refractivity contribution >= 4 is 0 Å². The molecule has 0 aliphatic carbocycles. The fraction of sp³-hybridized carbons (Fsp3) is 0.467. The summed E-state index contributed by atoms with van der Waals surface area (Å²) in [6, 6.07) is 6.41. The second kappa shape index (κ2) is 7.04. The summed E-state index contributed by atoms with van der Waals surface area (Å²) in [5.74, 6) is 0. The Labute approximate surface area is 114 Å². The predicted molar refractivity (Wildman–Crippen MR) is 76.9 cm³/mol. The van der Waals surface area contributed by atoms with Crippen LogP contribution in [-0.4, -0.2) is 21.8 Å². The molecular weight excluding hydrogens is 236 g/mol. The highest BCUT2D eigenvalue weighted by Crippen LogP contribution is 2.17. The van der Waals surface area contributed by atoms with Crippen molar-refractivity contribution in [2.75, 3.05) is 7.05 Å². The van der Waals surface area contributed by atoms with Crippen molar-refractivity contribution in [2.24, 2.45) is 0 Å². The molecule has 19 heavy (non-hydrogen) atoms. The number of rotatable bonds is 7. The van der Waals surface area contributed by atoms with Crippen LogP contribution in [0.3, 0.4) is 0 Å². The normalized spacial score (nSPS) is 12.5. The highest BCUT2D eigenvalue weighted by atomic mass is 15.3. The van der Waals surface area contributed by atoms with Crippen molar-refractivity contribution in [3.8, 4) is 0 Å². The summed E-state index contributed by atoms with van der Waals surface area (Å²) in [5, 5.41) is 7.75. The Morgan fingerprint density at radius 2 is 2.26 bits per heavy atom. The van der Waals surface area contributed by atoms with Crippen molar-refractivity contribution in [3.63, 3.8) is 0 Å². The number of nitrogens with one attached hydrogen (secondary N) is 1. The Morgan fingerprint density at radius 3 is 2.95 bits per heavy atom. The van der Waals surface area contributed by atoms with E-state index in [9.17, 15) is 0 Å². The zero-order valence-electron chi connectivity index (χ0n) is 11.7. The first-order valence-corrected chi connectivity index (χ1v) is 6.93. The van der Waals surface area contributed by atoms with Gasteiger partial charge in [-0.15, -0.1) is 0 Å². The zero-order chi connectivity index (χ0) is 13.5. The van der Waals surface area contributed by atoms with Gasteiger partial charge in [0.25, 0.3) is 0 Å². The van der Waals surface area contributed by atoms with Crippen LogP contribution in [0.25, 0.3) is 0 Å². The second-order valence-corrected chi connectivity index (χ2v) is 4.74. The minimum Gasteiger partial charge on any atom is -0.313 e. The molecule has 1 atom stereocenters. The average Bonchev–Trinajstić information content (AvgIpc) is 2.90. The van der Waals surface area contributed by atoms with E-state index in [2.05, 4.69) is 34.6 Å². The largest absolute Gasteiger partial charge is 0.313 e. The monoisotopic (exact) mass is 258 g/mol. The molecule has 4 heteroatoms. The molecule has 0 amide bonds. The fourth-order valence-corrected chi connectivity index (χ4v) is 2.23. The lowest BCUT2D eigenvalue weighted by Gasteiger charge is -2.13. The van der Waals surface area contributed by atoms with E-state index in [1.54, 1.807) is 0 Å². The second-order valence-electron chi connectivity index (χ2n) is 4.74. The molecular formula is C15H22N4. The van der Waals surface area contributed by atoms with Gasteiger partial charge in [0.2, 0.25) is 0 Å². The molecule has 2 aromatic heterocycles. The van der Waals surface area contributed by atoms with Crippen LogP contribution in [0.15, 0.2) is 36.8 Å². The van der Waals surface area contributed by atoms with Crippen molar-refractivity contribution in [1.82, 2.24) is 20.1 Å². The van der Waals surface area contributed by atoms with Crippen molar-refractivity contribution in [3.05, 3.63) is 48.0 Å². The van der Waals surface area contributed by atoms with Gasteiger partial charge in [0, 0.05) is 36.2 Å². The van der Waals surface area contributed by atoms with Gasteiger partial charge in [0.1, 0.15) is 0 Å². The third kappa shape index (κ3) is 3.89. The standard InChI is InChI=1S/C15H22N4/c1-3-10-19-12-13(11-18-19)15(16-2)8-7-14-6-4-5-9-17-14/h4-6,9,11-12,15-16H,3,7-8,10H2,1-2H3. The molecule has 0 radical (unpaired) electrons. The Bertz CT molecular complexity index is 478. The van der Waals surface area contributed by atoms with Crippen LogP contribution >= 0.6 is 0 Å². The maximum Gasteiger partial charge on any atom is 0.0537 e. The van der Waals surface area contributed by atoms with E-state index in [0.717, 1.165) is 31.5 Å². The minimum atomic E-state index is 0.340. The minimum absolute atomic E-state index is 0.340. The van der Waals surface area contributed by atoms with E-state index in [4.69, 9.17) is 0 Å². The van der Waals surface area contributed by atoms with Crippen LogP contribution in [0.5, 0.6) is 0 Å². The average molecular weight is 258 g/mol. The van der Waals surface area contributed by atoms with Gasteiger partial charge in [-0.25, -0.2) is 0 Å². The lowest BCUT2D eigenvalue weighted by molar-refractivity contribution is 0.543. The Balaban J connectivity index is 1.95. The summed E-state index contributed by atoms with van der Waals surface area (Å²) in [6.45, 7) is 3.15. The summed E-state index contributed by atoms with van der Waals surface area (Å²) in [7, 11) is 2.00. The highest BCUT2D eigenvalue weighted by Gasteiger charge is 2.11. The SMILES string of the molecule is CCCn1cc(C(CCc2ccccn2)NC)cn1. The van der Waals surface area contributed by atoms with Gasteiger partial charge in [-0.3, -0.25) is 9.67 Å². The molecule has 0 saturated carbocycles. The predicted octanol–water partition coefficient (Wildman–Crippen LogP) is 2.58. The van der Waals surface area contributed by atoms with Crippen LogP contribution in [0.4, 0.5) is 0 Å². The van der Waals surface area contributed by atoms with Crippen LogP contribution in [-0.2, 0) is 13.0 Å². The van der Waals surface area contributed by atoms with E-state index in [-0.39, 0.29) is 0 Å². The smallest absolute Gasteiger partial charge is 0.0537 e. The molecule has 0 aromatic carbocycles. The Morgan fingerprint density at radius 1 is 1.37 bits per heavy atom. The van der Waals surface area contributed by atoms with Gasteiger partial charge in [-0.05, 0) is 38.4 Å². The topological polar surface area (TPSA) is 42.7 Å². The number of pyridine rings is 1. The quantitative estimate of drug-likeness (QED) is 0.830. The summed E-state index contributed by atoms with van der Waals surface area (Å²) < 4.78 is 2.01. The van der Waals surface area contributed by atoms with Crippen molar-refractivity contribution in [1.29, 1.82) is 0 Å². The molecule has 2 rings (SSSR count). The molecule has 0 aliphatic heterocycles. The number of hydrogen-bond donors (Lipinski definition) is 1. The molecule has 102 valence electrons. The molecule has 0 aliphatic rings. The fourth-order valence-electron chi connectivity index (χ4n) is 2.23. The first kappa shape index (κ1) is 13.7. The third-order valence-electron chi connectivity index (χ3n) is 3.27. The summed E-state index contributed by atoms with van der Waals surface area (Å²) in [5.41, 5.74) is 2.40. The van der Waals surface area contributed by atoms with Gasteiger partial charge < -0.3 is 5.32 Å². The molecule has 2 heterocycles. The first-order valence-electron chi connectivity index (χ1n) is 6.93. The summed E-state index contributed by atoms with van der Waals surface area (Å²) in [4.78, 5) is 4.36. The Kier molecular flexibility index (Phi) is 5.10. The van der Waals surface area contributed by atoms with Crippen LogP contribution in [0.2, 0.25) is 0 Å².